The Morgan fingerprint density at radius 2 is 1.91 bits per heavy atom. The molecule has 0 saturated carbocycles. The Labute approximate surface area is 69.4 Å². The SMILES string of the molecule is CCC(=O)NCC(C)(C)CC. The lowest BCUT2D eigenvalue weighted by Gasteiger charge is -2.22. The van der Waals surface area contributed by atoms with Crippen LogP contribution in [0.3, 0.4) is 0 Å². The molecule has 2 heteroatoms. The van der Waals surface area contributed by atoms with Gasteiger partial charge >= 0.3 is 0 Å². The standard InChI is InChI=1S/C9H19NO/c1-5-8(11)10-7-9(3,4)6-2/h5-7H2,1-4H3,(H,10,11). The van der Waals surface area contributed by atoms with Gasteiger partial charge in [-0.05, 0) is 11.8 Å². The third-order valence-corrected chi connectivity index (χ3v) is 2.04. The van der Waals surface area contributed by atoms with E-state index in [1.54, 1.807) is 0 Å². The smallest absolute Gasteiger partial charge is 0.219 e. The Morgan fingerprint density at radius 3 is 2.27 bits per heavy atom. The summed E-state index contributed by atoms with van der Waals surface area (Å²) in [7, 11) is 0. The Hall–Kier alpha value is -0.530. The van der Waals surface area contributed by atoms with Crippen LogP contribution in [0.5, 0.6) is 0 Å². The highest BCUT2D eigenvalue weighted by molar-refractivity contribution is 5.75. The molecule has 0 unspecified atom stereocenters. The van der Waals surface area contributed by atoms with Crippen LogP contribution in [-0.2, 0) is 4.79 Å². The molecule has 0 radical (unpaired) electrons. The second-order valence-corrected chi connectivity index (χ2v) is 3.65. The van der Waals surface area contributed by atoms with Crippen LogP contribution in [-0.4, -0.2) is 12.5 Å². The molecule has 0 fully saturated rings. The Morgan fingerprint density at radius 1 is 1.36 bits per heavy atom. The molecule has 0 aliphatic heterocycles. The highest BCUT2D eigenvalue weighted by atomic mass is 16.1. The summed E-state index contributed by atoms with van der Waals surface area (Å²) in [6.07, 6.45) is 1.68. The van der Waals surface area contributed by atoms with Crippen LogP contribution in [0.25, 0.3) is 0 Å². The van der Waals surface area contributed by atoms with Gasteiger partial charge in [0.1, 0.15) is 0 Å². The fourth-order valence-electron chi connectivity index (χ4n) is 0.588. The van der Waals surface area contributed by atoms with Crippen molar-refractivity contribution in [3.63, 3.8) is 0 Å². The van der Waals surface area contributed by atoms with E-state index in [9.17, 15) is 4.79 Å². The van der Waals surface area contributed by atoms with Crippen molar-refractivity contribution in [2.24, 2.45) is 5.41 Å². The molecular weight excluding hydrogens is 138 g/mol. The fraction of sp³-hybridized carbons (Fsp3) is 0.889. The highest BCUT2D eigenvalue weighted by Gasteiger charge is 2.14. The average molecular weight is 157 g/mol. The largest absolute Gasteiger partial charge is 0.356 e. The van der Waals surface area contributed by atoms with Crippen molar-refractivity contribution in [1.82, 2.24) is 5.32 Å². The maximum absolute atomic E-state index is 10.9. The molecule has 0 spiro atoms. The van der Waals surface area contributed by atoms with Crippen molar-refractivity contribution < 1.29 is 4.79 Å². The summed E-state index contributed by atoms with van der Waals surface area (Å²) in [5.74, 6) is 0.145. The summed E-state index contributed by atoms with van der Waals surface area (Å²) in [6.45, 7) is 9.11. The van der Waals surface area contributed by atoms with Gasteiger partial charge in [0.25, 0.3) is 0 Å². The molecule has 0 atom stereocenters. The van der Waals surface area contributed by atoms with Crippen molar-refractivity contribution in [3.05, 3.63) is 0 Å². The fourth-order valence-corrected chi connectivity index (χ4v) is 0.588. The average Bonchev–Trinajstić information content (AvgIpc) is 2.00. The monoisotopic (exact) mass is 157 g/mol. The zero-order valence-electron chi connectivity index (χ0n) is 8.03. The summed E-state index contributed by atoms with van der Waals surface area (Å²) in [5, 5.41) is 2.88. The third-order valence-electron chi connectivity index (χ3n) is 2.04. The quantitative estimate of drug-likeness (QED) is 0.664. The van der Waals surface area contributed by atoms with E-state index < -0.39 is 0 Å². The first-order valence-electron chi connectivity index (χ1n) is 4.28. The van der Waals surface area contributed by atoms with E-state index in [4.69, 9.17) is 0 Å². The van der Waals surface area contributed by atoms with Gasteiger partial charge in [-0.2, -0.15) is 0 Å². The first-order chi connectivity index (χ1) is 5.02. The van der Waals surface area contributed by atoms with Gasteiger partial charge in [0.15, 0.2) is 0 Å². The van der Waals surface area contributed by atoms with Crippen LogP contribution in [0.2, 0.25) is 0 Å². The third kappa shape index (κ3) is 4.82. The van der Waals surface area contributed by atoms with E-state index in [2.05, 4.69) is 26.1 Å². The lowest BCUT2D eigenvalue weighted by Crippen LogP contribution is -2.32. The van der Waals surface area contributed by atoms with Crippen LogP contribution in [0.4, 0.5) is 0 Å². The molecule has 0 aromatic rings. The van der Waals surface area contributed by atoms with Crippen molar-refractivity contribution in [1.29, 1.82) is 0 Å². The summed E-state index contributed by atoms with van der Waals surface area (Å²) in [4.78, 5) is 10.9. The summed E-state index contributed by atoms with van der Waals surface area (Å²) in [5.41, 5.74) is 0.241. The van der Waals surface area contributed by atoms with Crippen LogP contribution < -0.4 is 5.32 Å². The molecule has 0 aromatic heterocycles. The molecule has 0 aromatic carbocycles. The number of rotatable bonds is 4. The molecule has 1 N–H and O–H groups in total. The molecule has 1 amide bonds. The zero-order chi connectivity index (χ0) is 8.91. The number of nitrogens with one attached hydrogen (secondary N) is 1. The minimum atomic E-state index is 0.145. The zero-order valence-corrected chi connectivity index (χ0v) is 8.03. The predicted molar refractivity (Wildman–Crippen MR) is 47.4 cm³/mol. The lowest BCUT2D eigenvalue weighted by atomic mass is 9.90. The lowest BCUT2D eigenvalue weighted by molar-refractivity contribution is -0.121. The van der Waals surface area contributed by atoms with Gasteiger partial charge in [-0.1, -0.05) is 27.7 Å². The van der Waals surface area contributed by atoms with Crippen molar-refractivity contribution >= 4 is 5.91 Å². The second kappa shape index (κ2) is 4.37. The molecule has 0 rings (SSSR count). The van der Waals surface area contributed by atoms with E-state index in [1.165, 1.54) is 0 Å². The van der Waals surface area contributed by atoms with Gasteiger partial charge in [0.05, 0.1) is 0 Å². The van der Waals surface area contributed by atoms with E-state index in [1.807, 2.05) is 6.92 Å². The van der Waals surface area contributed by atoms with Crippen molar-refractivity contribution in [2.45, 2.75) is 40.5 Å². The van der Waals surface area contributed by atoms with Crippen LogP contribution >= 0.6 is 0 Å². The van der Waals surface area contributed by atoms with E-state index in [-0.39, 0.29) is 11.3 Å². The van der Waals surface area contributed by atoms with Crippen LogP contribution in [0.15, 0.2) is 0 Å². The summed E-state index contributed by atoms with van der Waals surface area (Å²) >= 11 is 0. The first-order valence-corrected chi connectivity index (χ1v) is 4.28. The molecule has 0 aliphatic rings. The maximum Gasteiger partial charge on any atom is 0.219 e. The van der Waals surface area contributed by atoms with Gasteiger partial charge in [0, 0.05) is 13.0 Å². The number of hydrogen-bond donors (Lipinski definition) is 1. The summed E-state index contributed by atoms with van der Waals surface area (Å²) < 4.78 is 0. The van der Waals surface area contributed by atoms with E-state index in [0.717, 1.165) is 13.0 Å². The van der Waals surface area contributed by atoms with Gasteiger partial charge in [-0.15, -0.1) is 0 Å². The topological polar surface area (TPSA) is 29.1 Å². The van der Waals surface area contributed by atoms with Gasteiger partial charge < -0.3 is 5.32 Å². The minimum absolute atomic E-state index is 0.145. The molecule has 0 aliphatic carbocycles. The second-order valence-electron chi connectivity index (χ2n) is 3.65. The van der Waals surface area contributed by atoms with E-state index in [0.29, 0.717) is 6.42 Å². The Balaban J connectivity index is 3.61. The van der Waals surface area contributed by atoms with Crippen molar-refractivity contribution in [2.75, 3.05) is 6.54 Å². The molecule has 0 heterocycles. The van der Waals surface area contributed by atoms with Gasteiger partial charge in [-0.25, -0.2) is 0 Å². The molecule has 0 bridgehead atoms. The van der Waals surface area contributed by atoms with E-state index >= 15 is 0 Å². The van der Waals surface area contributed by atoms with Gasteiger partial charge in [0.2, 0.25) is 5.91 Å². The molecular formula is C9H19NO. The molecule has 0 saturated heterocycles. The number of carbonyl (C=O) groups excluding carboxylic acids is 1. The Bertz CT molecular complexity index is 130. The van der Waals surface area contributed by atoms with Crippen LogP contribution in [0.1, 0.15) is 40.5 Å². The molecule has 11 heavy (non-hydrogen) atoms. The number of carbonyl (C=O) groups is 1. The molecule has 66 valence electrons. The van der Waals surface area contributed by atoms with Crippen molar-refractivity contribution in [3.8, 4) is 0 Å². The first kappa shape index (κ1) is 10.5. The van der Waals surface area contributed by atoms with Gasteiger partial charge in [-0.3, -0.25) is 4.79 Å². The molecule has 2 nitrogen and oxygen atoms in total. The summed E-state index contributed by atoms with van der Waals surface area (Å²) in [6, 6.07) is 0. The van der Waals surface area contributed by atoms with Crippen LogP contribution in [0, 0.1) is 5.41 Å². The number of amides is 1. The normalized spacial score (nSPS) is 11.3. The Kier molecular flexibility index (Phi) is 4.16. The minimum Gasteiger partial charge on any atom is -0.356 e. The maximum atomic E-state index is 10.9. The highest BCUT2D eigenvalue weighted by Crippen LogP contribution is 2.17. The predicted octanol–water partition coefficient (Wildman–Crippen LogP) is 1.95. The number of hydrogen-bond acceptors (Lipinski definition) is 1.